The number of amides is 2. The van der Waals surface area contributed by atoms with Crippen LogP contribution in [0.4, 0.5) is 4.79 Å². The van der Waals surface area contributed by atoms with E-state index in [1.165, 1.54) is 10.9 Å². The molecule has 9 heteroatoms. The number of aromatic carboxylic acids is 1. The fourth-order valence-electron chi connectivity index (χ4n) is 1.87. The van der Waals surface area contributed by atoms with Crippen LogP contribution in [0.25, 0.3) is 0 Å². The number of carbonyl (C=O) groups is 2. The van der Waals surface area contributed by atoms with Gasteiger partial charge in [0.1, 0.15) is 0 Å². The molecule has 2 amide bonds. The van der Waals surface area contributed by atoms with E-state index >= 15 is 0 Å². The van der Waals surface area contributed by atoms with Gasteiger partial charge in [0, 0.05) is 25.7 Å². The van der Waals surface area contributed by atoms with Crippen molar-refractivity contribution in [2.45, 2.75) is 19.0 Å². The Hall–Kier alpha value is -2.16. The Bertz CT molecular complexity index is 523. The maximum atomic E-state index is 11.9. The highest BCUT2D eigenvalue weighted by Crippen LogP contribution is 2.20. The minimum atomic E-state index is -1.10. The van der Waals surface area contributed by atoms with Crippen molar-refractivity contribution in [1.29, 1.82) is 0 Å². The molecule has 1 aliphatic heterocycles. The zero-order valence-corrected chi connectivity index (χ0v) is 12.4. The second-order valence-electron chi connectivity index (χ2n) is 5.45. The Labute approximate surface area is 122 Å². The van der Waals surface area contributed by atoms with E-state index in [2.05, 4.69) is 15.6 Å². The minimum Gasteiger partial charge on any atom is -0.476 e. The van der Waals surface area contributed by atoms with Crippen molar-refractivity contribution >= 4 is 12.0 Å². The highest BCUT2D eigenvalue weighted by molar-refractivity contribution is 5.84. The maximum Gasteiger partial charge on any atom is 0.358 e. The van der Waals surface area contributed by atoms with Crippen LogP contribution in [0.2, 0.25) is 0 Å². The first-order valence-corrected chi connectivity index (χ1v) is 6.72. The van der Waals surface area contributed by atoms with Gasteiger partial charge < -0.3 is 20.2 Å². The zero-order chi connectivity index (χ0) is 15.6. The fraction of sp³-hybridized carbons (Fsp3) is 0.667. The van der Waals surface area contributed by atoms with E-state index in [1.54, 1.807) is 4.90 Å². The van der Waals surface area contributed by atoms with Gasteiger partial charge in [0.15, 0.2) is 5.69 Å². The molecule has 21 heavy (non-hydrogen) atoms. The van der Waals surface area contributed by atoms with E-state index in [0.717, 1.165) is 0 Å². The number of urea groups is 1. The van der Waals surface area contributed by atoms with Crippen molar-refractivity contribution in [2.75, 3.05) is 33.7 Å². The number of aromatic nitrogens is 3. The molecule has 1 aliphatic rings. The number of nitrogens with one attached hydrogen (secondary N) is 1. The predicted molar refractivity (Wildman–Crippen MR) is 74.1 cm³/mol. The molecule has 1 unspecified atom stereocenters. The van der Waals surface area contributed by atoms with Crippen LogP contribution in [0, 0.1) is 0 Å². The summed E-state index contributed by atoms with van der Waals surface area (Å²) in [6.45, 7) is 3.62. The van der Waals surface area contributed by atoms with Crippen molar-refractivity contribution in [3.63, 3.8) is 0 Å². The minimum absolute atomic E-state index is 0.0115. The molecule has 0 aliphatic carbocycles. The number of carbonyl (C=O) groups excluding carboxylic acids is 1. The maximum absolute atomic E-state index is 11.9. The van der Waals surface area contributed by atoms with Crippen LogP contribution >= 0.6 is 0 Å². The van der Waals surface area contributed by atoms with E-state index < -0.39 is 5.97 Å². The van der Waals surface area contributed by atoms with Crippen LogP contribution in [-0.4, -0.2) is 81.7 Å². The number of likely N-dealkylation sites (N-methyl/N-ethyl adjacent to an activating group) is 1. The summed E-state index contributed by atoms with van der Waals surface area (Å²) in [6.07, 6.45) is 1.39. The Morgan fingerprint density at radius 3 is 2.71 bits per heavy atom. The topological polar surface area (TPSA) is 104 Å². The predicted octanol–water partition coefficient (Wildman–Crippen LogP) is -0.507. The van der Waals surface area contributed by atoms with Gasteiger partial charge in [0.25, 0.3) is 0 Å². The smallest absolute Gasteiger partial charge is 0.358 e. The van der Waals surface area contributed by atoms with E-state index in [4.69, 9.17) is 5.11 Å². The molecule has 1 aromatic rings. The van der Waals surface area contributed by atoms with Crippen molar-refractivity contribution < 1.29 is 14.7 Å². The van der Waals surface area contributed by atoms with Gasteiger partial charge in [-0.05, 0) is 21.0 Å². The summed E-state index contributed by atoms with van der Waals surface area (Å²) in [4.78, 5) is 26.3. The fourth-order valence-corrected chi connectivity index (χ4v) is 1.87. The molecule has 0 radical (unpaired) electrons. The van der Waals surface area contributed by atoms with E-state index in [0.29, 0.717) is 19.6 Å². The van der Waals surface area contributed by atoms with Crippen molar-refractivity contribution in [2.24, 2.45) is 0 Å². The normalized spacial score (nSPS) is 16.7. The number of hydrogen-bond donors (Lipinski definition) is 2. The summed E-state index contributed by atoms with van der Waals surface area (Å²) in [6, 6.07) is 0.139. The molecular formula is C12H20N6O3. The Balaban J connectivity index is 1.77. The third-order valence-electron chi connectivity index (χ3n) is 3.68. The highest BCUT2D eigenvalue weighted by Gasteiger charge is 2.33. The van der Waals surface area contributed by atoms with Crippen molar-refractivity contribution in [3.8, 4) is 0 Å². The van der Waals surface area contributed by atoms with Gasteiger partial charge in [-0.3, -0.25) is 0 Å². The number of likely N-dealkylation sites (tertiary alicyclic amines) is 1. The largest absolute Gasteiger partial charge is 0.476 e. The standard InChI is InChI=1S/C12H20N6O3/c1-8(16(2)3)4-13-12(21)17-5-9(6-17)18-7-10(11(19)20)14-15-18/h7-9H,4-6H2,1-3H3,(H,13,21)(H,19,20). The van der Waals surface area contributed by atoms with Gasteiger partial charge in [0.2, 0.25) is 0 Å². The van der Waals surface area contributed by atoms with Crippen LogP contribution in [0.1, 0.15) is 23.5 Å². The number of rotatable bonds is 5. The lowest BCUT2D eigenvalue weighted by atomic mass is 10.1. The van der Waals surface area contributed by atoms with Crippen LogP contribution in [0.5, 0.6) is 0 Å². The molecule has 1 atom stereocenters. The van der Waals surface area contributed by atoms with Crippen molar-refractivity contribution in [3.05, 3.63) is 11.9 Å². The first-order chi connectivity index (χ1) is 9.88. The molecule has 2 rings (SSSR count). The molecule has 2 heterocycles. The molecule has 9 nitrogen and oxygen atoms in total. The summed E-state index contributed by atoms with van der Waals surface area (Å²) in [5, 5.41) is 19.0. The SMILES string of the molecule is CC(CNC(=O)N1CC(n2cc(C(=O)O)nn2)C1)N(C)C. The van der Waals surface area contributed by atoms with Gasteiger partial charge >= 0.3 is 12.0 Å². The first kappa shape index (κ1) is 15.2. The van der Waals surface area contributed by atoms with Crippen LogP contribution in [-0.2, 0) is 0 Å². The number of nitrogens with zero attached hydrogens (tertiary/aromatic N) is 5. The van der Waals surface area contributed by atoms with Gasteiger partial charge in [-0.25, -0.2) is 14.3 Å². The lowest BCUT2D eigenvalue weighted by Gasteiger charge is -2.39. The van der Waals surface area contributed by atoms with E-state index in [-0.39, 0.29) is 23.8 Å². The molecule has 1 saturated heterocycles. The zero-order valence-electron chi connectivity index (χ0n) is 12.4. The lowest BCUT2D eigenvalue weighted by molar-refractivity contribution is 0.0690. The second-order valence-corrected chi connectivity index (χ2v) is 5.45. The molecule has 1 fully saturated rings. The van der Waals surface area contributed by atoms with Gasteiger partial charge in [-0.15, -0.1) is 5.10 Å². The molecule has 1 aromatic heterocycles. The third kappa shape index (κ3) is 3.48. The second kappa shape index (κ2) is 6.08. The van der Waals surface area contributed by atoms with Crippen LogP contribution in [0.15, 0.2) is 6.20 Å². The summed E-state index contributed by atoms with van der Waals surface area (Å²) < 4.78 is 1.50. The first-order valence-electron chi connectivity index (χ1n) is 6.72. The van der Waals surface area contributed by atoms with Crippen molar-refractivity contribution in [1.82, 2.24) is 30.1 Å². The van der Waals surface area contributed by atoms with Gasteiger partial charge in [0.05, 0.1) is 12.2 Å². The Morgan fingerprint density at radius 2 is 2.19 bits per heavy atom. The van der Waals surface area contributed by atoms with Crippen LogP contribution < -0.4 is 5.32 Å². The average Bonchev–Trinajstić information content (AvgIpc) is 2.83. The van der Waals surface area contributed by atoms with Gasteiger partial charge in [-0.1, -0.05) is 5.21 Å². The summed E-state index contributed by atoms with van der Waals surface area (Å²) >= 11 is 0. The molecule has 0 aromatic carbocycles. The number of carboxylic acid groups (broad SMARTS) is 1. The third-order valence-corrected chi connectivity index (χ3v) is 3.68. The molecule has 0 saturated carbocycles. The Morgan fingerprint density at radius 1 is 1.52 bits per heavy atom. The lowest BCUT2D eigenvalue weighted by Crippen LogP contribution is -2.55. The van der Waals surface area contributed by atoms with E-state index in [9.17, 15) is 9.59 Å². The Kier molecular flexibility index (Phi) is 4.41. The average molecular weight is 296 g/mol. The molecular weight excluding hydrogens is 276 g/mol. The van der Waals surface area contributed by atoms with Gasteiger partial charge in [-0.2, -0.15) is 0 Å². The highest BCUT2D eigenvalue weighted by atomic mass is 16.4. The van der Waals surface area contributed by atoms with E-state index in [1.807, 2.05) is 25.9 Å². The number of hydrogen-bond acceptors (Lipinski definition) is 5. The van der Waals surface area contributed by atoms with Crippen LogP contribution in [0.3, 0.4) is 0 Å². The molecule has 2 N–H and O–H groups in total. The number of carboxylic acids is 1. The summed E-state index contributed by atoms with van der Waals surface area (Å²) in [7, 11) is 3.92. The molecule has 0 spiro atoms. The molecule has 0 bridgehead atoms. The summed E-state index contributed by atoms with van der Waals surface area (Å²) in [5.74, 6) is -1.10. The quantitative estimate of drug-likeness (QED) is 0.758. The summed E-state index contributed by atoms with van der Waals surface area (Å²) in [5.41, 5.74) is -0.0855. The monoisotopic (exact) mass is 296 g/mol. The molecule has 116 valence electrons.